The van der Waals surface area contributed by atoms with Crippen molar-refractivity contribution >= 4 is 17.6 Å². The van der Waals surface area contributed by atoms with Crippen LogP contribution in [0, 0.1) is 5.92 Å². The van der Waals surface area contributed by atoms with Crippen LogP contribution in [0.15, 0.2) is 24.3 Å². The monoisotopic (exact) mass is 357 g/mol. The van der Waals surface area contributed by atoms with Crippen LogP contribution < -0.4 is 5.32 Å². The van der Waals surface area contributed by atoms with Gasteiger partial charge in [0, 0.05) is 44.7 Å². The number of anilines is 1. The largest absolute Gasteiger partial charge is 0.343 e. The third-order valence-electron chi connectivity index (χ3n) is 5.79. The quantitative estimate of drug-likeness (QED) is 0.864. The van der Waals surface area contributed by atoms with Gasteiger partial charge in [-0.05, 0) is 43.4 Å². The average molecular weight is 357 g/mol. The van der Waals surface area contributed by atoms with Crippen molar-refractivity contribution in [1.29, 1.82) is 0 Å². The molecule has 3 rings (SSSR count). The number of carbonyl (C=O) groups is 2. The standard InChI is InChI=1S/C21H31N3O2/c1-3-24-15-16(13-20(24)25)14-23(2)21(26)22-19-11-9-18(10-12-19)17-7-5-4-6-8-17/h9-12,16-17H,3-8,13-15H2,1-2H3,(H,22,26). The molecule has 5 nitrogen and oxygen atoms in total. The molecule has 0 radical (unpaired) electrons. The SMILES string of the molecule is CCN1CC(CN(C)C(=O)Nc2ccc(C3CCCCC3)cc2)CC1=O. The maximum Gasteiger partial charge on any atom is 0.321 e. The first-order valence-electron chi connectivity index (χ1n) is 9.96. The van der Waals surface area contributed by atoms with E-state index in [1.165, 1.54) is 37.7 Å². The predicted octanol–water partition coefficient (Wildman–Crippen LogP) is 4.07. The Morgan fingerprint density at radius 2 is 1.88 bits per heavy atom. The fraction of sp³-hybridized carbons (Fsp3) is 0.619. The van der Waals surface area contributed by atoms with Gasteiger partial charge in [0.05, 0.1) is 0 Å². The molecule has 3 amide bonds. The molecule has 1 heterocycles. The lowest BCUT2D eigenvalue weighted by Gasteiger charge is -2.23. The van der Waals surface area contributed by atoms with E-state index in [0.717, 1.165) is 18.8 Å². The maximum atomic E-state index is 12.4. The molecule has 2 aliphatic rings. The zero-order valence-corrected chi connectivity index (χ0v) is 16.0. The summed E-state index contributed by atoms with van der Waals surface area (Å²) in [7, 11) is 1.80. The lowest BCUT2D eigenvalue weighted by atomic mass is 9.84. The molecule has 1 saturated carbocycles. The summed E-state index contributed by atoms with van der Waals surface area (Å²) in [6.07, 6.45) is 7.12. The fourth-order valence-electron chi connectivity index (χ4n) is 4.25. The summed E-state index contributed by atoms with van der Waals surface area (Å²) in [5.74, 6) is 1.11. The van der Waals surface area contributed by atoms with E-state index >= 15 is 0 Å². The number of carbonyl (C=O) groups excluding carboxylic acids is 2. The van der Waals surface area contributed by atoms with Crippen LogP contribution in [0.2, 0.25) is 0 Å². The highest BCUT2D eigenvalue weighted by Crippen LogP contribution is 2.33. The molecule has 1 aromatic rings. The van der Waals surface area contributed by atoms with E-state index in [1.54, 1.807) is 11.9 Å². The summed E-state index contributed by atoms with van der Waals surface area (Å²) < 4.78 is 0. The lowest BCUT2D eigenvalue weighted by Crippen LogP contribution is -2.36. The van der Waals surface area contributed by atoms with Crippen LogP contribution in [0.3, 0.4) is 0 Å². The van der Waals surface area contributed by atoms with Gasteiger partial charge in [0.2, 0.25) is 5.91 Å². The Morgan fingerprint density at radius 1 is 1.19 bits per heavy atom. The first-order chi connectivity index (χ1) is 12.6. The van der Waals surface area contributed by atoms with Crippen molar-refractivity contribution in [3.8, 4) is 0 Å². The normalized spacial score (nSPS) is 21.1. The minimum atomic E-state index is -0.113. The van der Waals surface area contributed by atoms with Gasteiger partial charge < -0.3 is 15.1 Å². The lowest BCUT2D eigenvalue weighted by molar-refractivity contribution is -0.127. The Kier molecular flexibility index (Phi) is 6.17. The van der Waals surface area contributed by atoms with Crippen molar-refractivity contribution in [2.75, 3.05) is 32.0 Å². The molecular weight excluding hydrogens is 326 g/mol. The van der Waals surface area contributed by atoms with Crippen molar-refractivity contribution in [2.24, 2.45) is 5.92 Å². The topological polar surface area (TPSA) is 52.6 Å². The molecule has 1 saturated heterocycles. The van der Waals surface area contributed by atoms with Gasteiger partial charge >= 0.3 is 6.03 Å². The molecule has 26 heavy (non-hydrogen) atoms. The van der Waals surface area contributed by atoms with Crippen LogP contribution in [-0.2, 0) is 4.79 Å². The molecule has 5 heteroatoms. The van der Waals surface area contributed by atoms with Gasteiger partial charge in [0.25, 0.3) is 0 Å². The van der Waals surface area contributed by atoms with Gasteiger partial charge in [-0.1, -0.05) is 31.4 Å². The number of amides is 3. The number of rotatable bonds is 5. The van der Waals surface area contributed by atoms with Gasteiger partial charge in [-0.3, -0.25) is 4.79 Å². The van der Waals surface area contributed by atoms with Crippen LogP contribution in [0.4, 0.5) is 10.5 Å². The molecule has 2 fully saturated rings. The highest BCUT2D eigenvalue weighted by molar-refractivity contribution is 5.89. The molecule has 1 aromatic carbocycles. The molecule has 1 atom stereocenters. The molecular formula is C21H31N3O2. The molecule has 1 N–H and O–H groups in total. The van der Waals surface area contributed by atoms with E-state index < -0.39 is 0 Å². The van der Waals surface area contributed by atoms with E-state index in [0.29, 0.717) is 18.9 Å². The first-order valence-corrected chi connectivity index (χ1v) is 9.96. The number of likely N-dealkylation sites (tertiary alicyclic amines) is 1. The number of hydrogen-bond acceptors (Lipinski definition) is 2. The van der Waals surface area contributed by atoms with Crippen molar-refractivity contribution < 1.29 is 9.59 Å². The zero-order valence-electron chi connectivity index (χ0n) is 16.0. The Morgan fingerprint density at radius 3 is 2.50 bits per heavy atom. The highest BCUT2D eigenvalue weighted by Gasteiger charge is 2.30. The Balaban J connectivity index is 1.50. The third-order valence-corrected chi connectivity index (χ3v) is 5.79. The third kappa shape index (κ3) is 4.57. The molecule has 1 aliphatic carbocycles. The van der Waals surface area contributed by atoms with Crippen LogP contribution in [0.5, 0.6) is 0 Å². The van der Waals surface area contributed by atoms with E-state index in [4.69, 9.17) is 0 Å². The molecule has 142 valence electrons. The van der Waals surface area contributed by atoms with Crippen LogP contribution >= 0.6 is 0 Å². The minimum Gasteiger partial charge on any atom is -0.343 e. The smallest absolute Gasteiger partial charge is 0.321 e. The second kappa shape index (κ2) is 8.56. The number of urea groups is 1. The van der Waals surface area contributed by atoms with Gasteiger partial charge in [0.1, 0.15) is 0 Å². The second-order valence-electron chi connectivity index (χ2n) is 7.77. The van der Waals surface area contributed by atoms with Crippen LogP contribution in [-0.4, -0.2) is 48.4 Å². The zero-order chi connectivity index (χ0) is 18.5. The molecule has 0 spiro atoms. The summed E-state index contributed by atoms with van der Waals surface area (Å²) in [5.41, 5.74) is 2.22. The molecule has 1 aliphatic heterocycles. The van der Waals surface area contributed by atoms with Crippen LogP contribution in [0.1, 0.15) is 56.9 Å². The Hall–Kier alpha value is -2.04. The summed E-state index contributed by atoms with van der Waals surface area (Å²) in [6, 6.07) is 8.21. The van der Waals surface area contributed by atoms with E-state index in [2.05, 4.69) is 17.4 Å². The number of nitrogens with one attached hydrogen (secondary N) is 1. The second-order valence-corrected chi connectivity index (χ2v) is 7.77. The summed E-state index contributed by atoms with van der Waals surface area (Å²) in [4.78, 5) is 27.8. The highest BCUT2D eigenvalue weighted by atomic mass is 16.2. The number of benzene rings is 1. The molecule has 1 unspecified atom stereocenters. The number of hydrogen-bond donors (Lipinski definition) is 1. The summed E-state index contributed by atoms with van der Waals surface area (Å²) >= 11 is 0. The summed E-state index contributed by atoms with van der Waals surface area (Å²) in [6.45, 7) is 4.10. The van der Waals surface area contributed by atoms with Gasteiger partial charge in [-0.2, -0.15) is 0 Å². The van der Waals surface area contributed by atoms with Crippen molar-refractivity contribution in [1.82, 2.24) is 9.80 Å². The van der Waals surface area contributed by atoms with Crippen molar-refractivity contribution in [2.45, 2.75) is 51.4 Å². The van der Waals surface area contributed by atoms with E-state index in [1.807, 2.05) is 24.0 Å². The van der Waals surface area contributed by atoms with Crippen molar-refractivity contribution in [3.05, 3.63) is 29.8 Å². The first kappa shape index (κ1) is 18.7. The molecule has 0 bridgehead atoms. The average Bonchev–Trinajstić information content (AvgIpc) is 3.02. The van der Waals surface area contributed by atoms with Gasteiger partial charge in [-0.25, -0.2) is 4.79 Å². The van der Waals surface area contributed by atoms with Gasteiger partial charge in [0.15, 0.2) is 0 Å². The number of nitrogens with zero attached hydrogens (tertiary/aromatic N) is 2. The minimum absolute atomic E-state index is 0.113. The molecule has 0 aromatic heterocycles. The Labute approximate surface area is 156 Å². The summed E-state index contributed by atoms with van der Waals surface area (Å²) in [5, 5.41) is 2.97. The van der Waals surface area contributed by atoms with E-state index in [-0.39, 0.29) is 17.9 Å². The fourth-order valence-corrected chi connectivity index (χ4v) is 4.25. The van der Waals surface area contributed by atoms with E-state index in [9.17, 15) is 9.59 Å². The predicted molar refractivity (Wildman–Crippen MR) is 104 cm³/mol. The Bertz CT molecular complexity index is 623. The van der Waals surface area contributed by atoms with Gasteiger partial charge in [-0.15, -0.1) is 0 Å². The maximum absolute atomic E-state index is 12.4. The van der Waals surface area contributed by atoms with Crippen molar-refractivity contribution in [3.63, 3.8) is 0 Å². The van der Waals surface area contributed by atoms with Crippen LogP contribution in [0.25, 0.3) is 0 Å².